The van der Waals surface area contributed by atoms with Gasteiger partial charge < -0.3 is 11.5 Å². The topological polar surface area (TPSA) is 64.9 Å². The second-order valence-electron chi connectivity index (χ2n) is 5.04. The van der Waals surface area contributed by atoms with E-state index in [-0.39, 0.29) is 11.5 Å². The quantitative estimate of drug-likeness (QED) is 0.868. The van der Waals surface area contributed by atoms with Crippen LogP contribution in [0.4, 0.5) is 5.82 Å². The number of rotatable bonds is 3. The minimum Gasteiger partial charge on any atom is -0.383 e. The molecule has 2 rings (SSSR count). The number of anilines is 1. The number of pyridine rings is 1. The maximum absolute atomic E-state index is 6.39. The summed E-state index contributed by atoms with van der Waals surface area (Å²) in [5, 5.41) is 0. The summed E-state index contributed by atoms with van der Waals surface area (Å²) in [6.07, 6.45) is 1.68. The van der Waals surface area contributed by atoms with Gasteiger partial charge in [0.05, 0.1) is 0 Å². The smallest absolute Gasteiger partial charge is 0.128 e. The molecule has 0 saturated carbocycles. The summed E-state index contributed by atoms with van der Waals surface area (Å²) >= 11 is 0. The van der Waals surface area contributed by atoms with Crippen molar-refractivity contribution in [2.45, 2.75) is 25.3 Å². The molecule has 1 aromatic carbocycles. The molecule has 1 unspecified atom stereocenters. The monoisotopic (exact) mass is 241 g/mol. The predicted octanol–water partition coefficient (Wildman–Crippen LogP) is 2.64. The number of nitrogens with two attached hydrogens (primary N) is 2. The fourth-order valence-corrected chi connectivity index (χ4v) is 2.13. The van der Waals surface area contributed by atoms with E-state index in [1.165, 1.54) is 5.56 Å². The molecule has 0 saturated heterocycles. The van der Waals surface area contributed by atoms with Gasteiger partial charge in [0.15, 0.2) is 0 Å². The summed E-state index contributed by atoms with van der Waals surface area (Å²) < 4.78 is 0. The first-order valence-corrected chi connectivity index (χ1v) is 6.05. The van der Waals surface area contributed by atoms with Crippen LogP contribution in [0.1, 0.15) is 31.0 Å². The molecule has 0 aliphatic carbocycles. The van der Waals surface area contributed by atoms with E-state index in [0.29, 0.717) is 5.82 Å². The average Bonchev–Trinajstić information content (AvgIpc) is 2.39. The van der Waals surface area contributed by atoms with Crippen LogP contribution in [0.25, 0.3) is 0 Å². The lowest BCUT2D eigenvalue weighted by Crippen LogP contribution is -2.33. The Labute approximate surface area is 108 Å². The highest BCUT2D eigenvalue weighted by molar-refractivity contribution is 5.44. The molecular formula is C15H19N3. The normalized spacial score (nSPS) is 13.3. The Morgan fingerprint density at radius 3 is 2.33 bits per heavy atom. The van der Waals surface area contributed by atoms with Gasteiger partial charge in [-0.25, -0.2) is 4.98 Å². The number of nitrogen functional groups attached to an aromatic ring is 1. The molecule has 18 heavy (non-hydrogen) atoms. The molecule has 2 aromatic rings. The lowest BCUT2D eigenvalue weighted by atomic mass is 9.75. The van der Waals surface area contributed by atoms with Crippen LogP contribution < -0.4 is 11.5 Å². The molecule has 0 spiro atoms. The van der Waals surface area contributed by atoms with Crippen molar-refractivity contribution in [2.75, 3.05) is 5.73 Å². The average molecular weight is 241 g/mol. The van der Waals surface area contributed by atoms with Gasteiger partial charge in [0, 0.05) is 23.2 Å². The van der Waals surface area contributed by atoms with Crippen LogP contribution in [0, 0.1) is 0 Å². The van der Waals surface area contributed by atoms with E-state index in [4.69, 9.17) is 11.5 Å². The van der Waals surface area contributed by atoms with E-state index in [9.17, 15) is 0 Å². The molecule has 1 aromatic heterocycles. The lowest BCUT2D eigenvalue weighted by molar-refractivity contribution is 0.421. The Hall–Kier alpha value is -1.87. The molecule has 0 fully saturated rings. The number of nitrogens with zero attached hydrogens (tertiary/aromatic N) is 1. The lowest BCUT2D eigenvalue weighted by Gasteiger charge is -2.32. The fraction of sp³-hybridized carbons (Fsp3) is 0.267. The van der Waals surface area contributed by atoms with Crippen molar-refractivity contribution in [3.05, 3.63) is 59.8 Å². The molecule has 0 aliphatic heterocycles. The van der Waals surface area contributed by atoms with Crippen LogP contribution in [0.2, 0.25) is 0 Å². The van der Waals surface area contributed by atoms with E-state index < -0.39 is 0 Å². The summed E-state index contributed by atoms with van der Waals surface area (Å²) in [5.41, 5.74) is 14.2. The Morgan fingerprint density at radius 2 is 1.72 bits per heavy atom. The molecule has 0 bridgehead atoms. The SMILES string of the molecule is CC(C)(c1ccccc1)C(N)c1cccnc1N. The highest BCUT2D eigenvalue weighted by Crippen LogP contribution is 2.36. The van der Waals surface area contributed by atoms with Gasteiger partial charge in [0.2, 0.25) is 0 Å². The van der Waals surface area contributed by atoms with Crippen molar-refractivity contribution < 1.29 is 0 Å². The van der Waals surface area contributed by atoms with Crippen LogP contribution in [-0.4, -0.2) is 4.98 Å². The van der Waals surface area contributed by atoms with E-state index >= 15 is 0 Å². The summed E-state index contributed by atoms with van der Waals surface area (Å²) in [6.45, 7) is 4.25. The number of aromatic nitrogens is 1. The van der Waals surface area contributed by atoms with Crippen molar-refractivity contribution in [3.63, 3.8) is 0 Å². The van der Waals surface area contributed by atoms with Crippen LogP contribution in [0.3, 0.4) is 0 Å². The van der Waals surface area contributed by atoms with Gasteiger partial charge in [-0.15, -0.1) is 0 Å². The summed E-state index contributed by atoms with van der Waals surface area (Å²) in [7, 11) is 0. The summed E-state index contributed by atoms with van der Waals surface area (Å²) in [4.78, 5) is 4.11. The molecule has 0 amide bonds. The van der Waals surface area contributed by atoms with Gasteiger partial charge in [-0.1, -0.05) is 50.2 Å². The molecule has 0 radical (unpaired) electrons. The van der Waals surface area contributed by atoms with Crippen LogP contribution in [-0.2, 0) is 5.41 Å². The zero-order valence-electron chi connectivity index (χ0n) is 10.8. The third kappa shape index (κ3) is 2.22. The molecule has 3 heteroatoms. The Balaban J connectivity index is 2.39. The van der Waals surface area contributed by atoms with Crippen LogP contribution in [0.5, 0.6) is 0 Å². The first kappa shape index (κ1) is 12.6. The zero-order valence-corrected chi connectivity index (χ0v) is 10.8. The van der Waals surface area contributed by atoms with E-state index in [0.717, 1.165) is 5.56 Å². The predicted molar refractivity (Wildman–Crippen MR) is 75.0 cm³/mol. The second kappa shape index (κ2) is 4.78. The molecule has 3 nitrogen and oxygen atoms in total. The third-order valence-electron chi connectivity index (χ3n) is 3.50. The van der Waals surface area contributed by atoms with Crippen molar-refractivity contribution in [2.24, 2.45) is 5.73 Å². The maximum Gasteiger partial charge on any atom is 0.128 e. The standard InChI is InChI=1S/C15H19N3/c1-15(2,11-7-4-3-5-8-11)13(16)12-9-6-10-18-14(12)17/h3-10,13H,16H2,1-2H3,(H2,17,18). The van der Waals surface area contributed by atoms with Crippen molar-refractivity contribution in [1.29, 1.82) is 0 Å². The fourth-order valence-electron chi connectivity index (χ4n) is 2.13. The first-order valence-electron chi connectivity index (χ1n) is 6.05. The molecule has 1 atom stereocenters. The van der Waals surface area contributed by atoms with Gasteiger partial charge in [0.1, 0.15) is 5.82 Å². The van der Waals surface area contributed by atoms with Gasteiger partial charge in [0.25, 0.3) is 0 Å². The van der Waals surface area contributed by atoms with E-state index in [1.807, 2.05) is 30.3 Å². The zero-order chi connectivity index (χ0) is 13.2. The Morgan fingerprint density at radius 1 is 1.06 bits per heavy atom. The van der Waals surface area contributed by atoms with Gasteiger partial charge in [-0.2, -0.15) is 0 Å². The van der Waals surface area contributed by atoms with Crippen molar-refractivity contribution in [3.8, 4) is 0 Å². The molecule has 94 valence electrons. The van der Waals surface area contributed by atoms with Gasteiger partial charge in [-0.3, -0.25) is 0 Å². The van der Waals surface area contributed by atoms with Crippen molar-refractivity contribution in [1.82, 2.24) is 4.98 Å². The van der Waals surface area contributed by atoms with E-state index in [2.05, 4.69) is 31.0 Å². The van der Waals surface area contributed by atoms with E-state index in [1.54, 1.807) is 6.20 Å². The number of hydrogen-bond donors (Lipinski definition) is 2. The minimum absolute atomic E-state index is 0.186. The molecule has 1 heterocycles. The largest absolute Gasteiger partial charge is 0.383 e. The first-order chi connectivity index (χ1) is 8.53. The Bertz CT molecular complexity index is 520. The highest BCUT2D eigenvalue weighted by atomic mass is 14.8. The van der Waals surface area contributed by atoms with Crippen LogP contribution in [0.15, 0.2) is 48.7 Å². The summed E-state index contributed by atoms with van der Waals surface area (Å²) in [6, 6.07) is 13.9. The minimum atomic E-state index is -0.196. The highest BCUT2D eigenvalue weighted by Gasteiger charge is 2.30. The molecule has 4 N–H and O–H groups in total. The maximum atomic E-state index is 6.39. The second-order valence-corrected chi connectivity index (χ2v) is 5.04. The van der Waals surface area contributed by atoms with Crippen LogP contribution >= 0.6 is 0 Å². The van der Waals surface area contributed by atoms with Gasteiger partial charge >= 0.3 is 0 Å². The Kier molecular flexibility index (Phi) is 3.34. The number of hydrogen-bond acceptors (Lipinski definition) is 3. The third-order valence-corrected chi connectivity index (χ3v) is 3.50. The number of benzene rings is 1. The molecule has 0 aliphatic rings. The van der Waals surface area contributed by atoms with Gasteiger partial charge in [-0.05, 0) is 11.6 Å². The van der Waals surface area contributed by atoms with Crippen molar-refractivity contribution >= 4 is 5.82 Å². The summed E-state index contributed by atoms with van der Waals surface area (Å²) in [5.74, 6) is 0.508. The molecular weight excluding hydrogens is 222 g/mol.